The van der Waals surface area contributed by atoms with Crippen LogP contribution in [0.4, 0.5) is 14.9 Å². The monoisotopic (exact) mass is 465 g/mol. The number of carbonyl (C=O) groups excluding carboxylic acids is 2. The van der Waals surface area contributed by atoms with Crippen molar-refractivity contribution in [1.82, 2.24) is 9.88 Å². The van der Waals surface area contributed by atoms with Crippen LogP contribution in [0.25, 0.3) is 0 Å². The maximum atomic E-state index is 13.5. The van der Waals surface area contributed by atoms with Gasteiger partial charge in [-0.15, -0.1) is 0 Å². The van der Waals surface area contributed by atoms with Crippen LogP contribution < -0.4 is 4.90 Å². The number of pyridine rings is 1. The van der Waals surface area contributed by atoms with Crippen molar-refractivity contribution >= 4 is 29.3 Å². The first kappa shape index (κ1) is 21.4. The highest BCUT2D eigenvalue weighted by Crippen LogP contribution is 2.36. The predicted molar refractivity (Wildman–Crippen MR) is 122 cm³/mol. The Balaban J connectivity index is 1.29. The number of ether oxygens (including phenoxy) is 1. The van der Waals surface area contributed by atoms with Crippen molar-refractivity contribution in [3.8, 4) is 0 Å². The number of carbonyl (C=O) groups is 2. The van der Waals surface area contributed by atoms with Crippen LogP contribution in [-0.2, 0) is 11.2 Å². The number of amides is 2. The zero-order valence-electron chi connectivity index (χ0n) is 17.7. The SMILES string of the molecule is O=C(c1cccc(Cc2cccc(F)c2)n1)N1CC[C@]2(C1)CN(c1cccc(Cl)c1)C(=O)O2. The number of aromatic nitrogens is 1. The number of likely N-dealkylation sites (tertiary alicyclic amines) is 1. The predicted octanol–water partition coefficient (Wildman–Crippen LogP) is 4.71. The molecule has 0 radical (unpaired) electrons. The highest BCUT2D eigenvalue weighted by atomic mass is 35.5. The second-order valence-electron chi connectivity index (χ2n) is 8.41. The third kappa shape index (κ3) is 4.41. The molecule has 1 aromatic heterocycles. The standard InChI is InChI=1S/C25H21ClFN3O3/c26-18-5-2-8-21(14-18)30-16-25(33-24(30)32)10-11-29(15-25)23(31)22-9-3-7-20(28-22)13-17-4-1-6-19(27)12-17/h1-9,12,14H,10-11,13,15-16H2/t25-/m0/s1. The van der Waals surface area contributed by atoms with Crippen LogP contribution in [0, 0.1) is 5.82 Å². The molecule has 0 N–H and O–H groups in total. The van der Waals surface area contributed by atoms with Crippen LogP contribution >= 0.6 is 11.6 Å². The van der Waals surface area contributed by atoms with Gasteiger partial charge in [0.1, 0.15) is 11.5 Å². The Morgan fingerprint density at radius 2 is 1.91 bits per heavy atom. The van der Waals surface area contributed by atoms with Gasteiger partial charge < -0.3 is 9.64 Å². The highest BCUT2D eigenvalue weighted by molar-refractivity contribution is 6.30. The number of anilines is 1. The van der Waals surface area contributed by atoms with Gasteiger partial charge in [-0.25, -0.2) is 14.2 Å². The Bertz CT molecular complexity index is 1240. The summed E-state index contributed by atoms with van der Waals surface area (Å²) in [5.41, 5.74) is 1.69. The molecule has 0 saturated carbocycles. The third-order valence-corrected chi connectivity index (χ3v) is 6.23. The van der Waals surface area contributed by atoms with E-state index in [2.05, 4.69) is 4.98 Å². The van der Waals surface area contributed by atoms with Crippen LogP contribution in [0.2, 0.25) is 5.02 Å². The van der Waals surface area contributed by atoms with Crippen molar-refractivity contribution in [2.24, 2.45) is 0 Å². The van der Waals surface area contributed by atoms with Gasteiger partial charge in [0.15, 0.2) is 5.60 Å². The number of halogens is 2. The molecular weight excluding hydrogens is 445 g/mol. The molecule has 1 atom stereocenters. The first-order chi connectivity index (χ1) is 15.9. The van der Waals surface area contributed by atoms with Gasteiger partial charge in [-0.3, -0.25) is 9.69 Å². The quantitative estimate of drug-likeness (QED) is 0.560. The molecule has 0 bridgehead atoms. The second kappa shape index (κ2) is 8.48. The molecule has 2 fully saturated rings. The molecule has 1 spiro atoms. The van der Waals surface area contributed by atoms with Gasteiger partial charge >= 0.3 is 6.09 Å². The average Bonchev–Trinajstić information content (AvgIpc) is 3.36. The summed E-state index contributed by atoms with van der Waals surface area (Å²) < 4.78 is 19.2. The van der Waals surface area contributed by atoms with E-state index in [1.165, 1.54) is 12.1 Å². The fraction of sp³-hybridized carbons (Fsp3) is 0.240. The van der Waals surface area contributed by atoms with E-state index in [9.17, 15) is 14.0 Å². The van der Waals surface area contributed by atoms with E-state index in [0.717, 1.165) is 5.56 Å². The van der Waals surface area contributed by atoms with Crippen LogP contribution in [0.5, 0.6) is 0 Å². The molecule has 2 amide bonds. The fourth-order valence-corrected chi connectivity index (χ4v) is 4.60. The van der Waals surface area contributed by atoms with E-state index in [0.29, 0.717) is 54.6 Å². The molecular formula is C25H21ClFN3O3. The van der Waals surface area contributed by atoms with Crippen molar-refractivity contribution in [2.75, 3.05) is 24.5 Å². The third-order valence-electron chi connectivity index (χ3n) is 5.99. The molecule has 2 aliphatic heterocycles. The summed E-state index contributed by atoms with van der Waals surface area (Å²) in [6.07, 6.45) is 0.529. The molecule has 5 rings (SSSR count). The van der Waals surface area contributed by atoms with Gasteiger partial charge in [-0.2, -0.15) is 0 Å². The minimum absolute atomic E-state index is 0.217. The first-order valence-electron chi connectivity index (χ1n) is 10.7. The minimum atomic E-state index is -0.756. The Labute approximate surface area is 195 Å². The van der Waals surface area contributed by atoms with Crippen molar-refractivity contribution < 1.29 is 18.7 Å². The summed E-state index contributed by atoms with van der Waals surface area (Å²) in [4.78, 5) is 33.4. The highest BCUT2D eigenvalue weighted by Gasteiger charge is 2.51. The van der Waals surface area contributed by atoms with Crippen LogP contribution in [0.3, 0.4) is 0 Å². The summed E-state index contributed by atoms with van der Waals surface area (Å²) >= 11 is 6.07. The van der Waals surface area contributed by atoms with E-state index < -0.39 is 11.7 Å². The molecule has 2 saturated heterocycles. The van der Waals surface area contributed by atoms with Crippen LogP contribution in [0.1, 0.15) is 28.2 Å². The minimum Gasteiger partial charge on any atom is -0.439 e. The number of hydrogen-bond donors (Lipinski definition) is 0. The van der Waals surface area contributed by atoms with Crippen LogP contribution in [0.15, 0.2) is 66.7 Å². The van der Waals surface area contributed by atoms with Crippen molar-refractivity contribution in [1.29, 1.82) is 0 Å². The molecule has 168 valence electrons. The maximum absolute atomic E-state index is 13.5. The van der Waals surface area contributed by atoms with Gasteiger partial charge in [-0.05, 0) is 48.0 Å². The normalized spacial score (nSPS) is 19.9. The first-order valence-corrected chi connectivity index (χ1v) is 11.0. The molecule has 3 heterocycles. The molecule has 2 aromatic carbocycles. The Morgan fingerprint density at radius 1 is 1.09 bits per heavy atom. The lowest BCUT2D eigenvalue weighted by atomic mass is 10.0. The summed E-state index contributed by atoms with van der Waals surface area (Å²) in [6.45, 7) is 1.11. The van der Waals surface area contributed by atoms with E-state index in [1.54, 1.807) is 52.3 Å². The van der Waals surface area contributed by atoms with Gasteiger partial charge in [0.2, 0.25) is 0 Å². The lowest BCUT2D eigenvalue weighted by Gasteiger charge is -2.22. The van der Waals surface area contributed by atoms with E-state index in [1.807, 2.05) is 12.1 Å². The van der Waals surface area contributed by atoms with Gasteiger partial charge in [0.05, 0.1) is 13.1 Å². The maximum Gasteiger partial charge on any atom is 0.415 e. The molecule has 8 heteroatoms. The van der Waals surface area contributed by atoms with E-state index in [-0.39, 0.29) is 11.7 Å². The lowest BCUT2D eigenvalue weighted by Crippen LogP contribution is -2.39. The second-order valence-corrected chi connectivity index (χ2v) is 8.85. The lowest BCUT2D eigenvalue weighted by molar-refractivity contribution is 0.0551. The molecule has 0 unspecified atom stereocenters. The summed E-state index contributed by atoms with van der Waals surface area (Å²) in [5.74, 6) is -0.523. The van der Waals surface area contributed by atoms with Crippen LogP contribution in [-0.4, -0.2) is 47.1 Å². The van der Waals surface area contributed by atoms with Gasteiger partial charge in [0, 0.05) is 35.8 Å². The molecule has 0 aliphatic carbocycles. The zero-order valence-corrected chi connectivity index (χ0v) is 18.5. The van der Waals surface area contributed by atoms with Gasteiger partial charge in [-0.1, -0.05) is 35.9 Å². The van der Waals surface area contributed by atoms with Gasteiger partial charge in [0.25, 0.3) is 5.91 Å². The summed E-state index contributed by atoms with van der Waals surface area (Å²) in [5, 5.41) is 0.536. The number of benzene rings is 2. The van der Waals surface area contributed by atoms with Crippen molar-refractivity contribution in [3.63, 3.8) is 0 Å². The number of nitrogens with zero attached hydrogens (tertiary/aromatic N) is 3. The Hall–Kier alpha value is -3.45. The van der Waals surface area contributed by atoms with Crippen molar-refractivity contribution in [3.05, 3.63) is 94.5 Å². The largest absolute Gasteiger partial charge is 0.439 e. The zero-order chi connectivity index (χ0) is 23.0. The van der Waals surface area contributed by atoms with E-state index >= 15 is 0 Å². The van der Waals surface area contributed by atoms with E-state index in [4.69, 9.17) is 16.3 Å². The Kier molecular flexibility index (Phi) is 5.50. The molecule has 2 aliphatic rings. The molecule has 3 aromatic rings. The summed E-state index contributed by atoms with van der Waals surface area (Å²) in [7, 11) is 0. The molecule has 6 nitrogen and oxygen atoms in total. The Morgan fingerprint density at radius 3 is 2.73 bits per heavy atom. The fourth-order valence-electron chi connectivity index (χ4n) is 4.41. The number of hydrogen-bond acceptors (Lipinski definition) is 4. The average molecular weight is 466 g/mol. The topological polar surface area (TPSA) is 62.7 Å². The summed E-state index contributed by atoms with van der Waals surface area (Å²) in [6, 6.07) is 18.6. The molecule has 33 heavy (non-hydrogen) atoms. The van der Waals surface area contributed by atoms with Crippen molar-refractivity contribution in [2.45, 2.75) is 18.4 Å². The smallest absolute Gasteiger partial charge is 0.415 e. The number of rotatable bonds is 4.